The molecule has 30 heavy (non-hydrogen) atoms. The molecular formula is C19H18F3N7O. The van der Waals surface area contributed by atoms with Crippen LogP contribution in [0.5, 0.6) is 0 Å². The highest BCUT2D eigenvalue weighted by atomic mass is 19.4. The van der Waals surface area contributed by atoms with Gasteiger partial charge in [0.2, 0.25) is 0 Å². The van der Waals surface area contributed by atoms with Crippen LogP contribution in [-0.2, 0) is 10.9 Å². The Morgan fingerprint density at radius 3 is 2.73 bits per heavy atom. The summed E-state index contributed by atoms with van der Waals surface area (Å²) in [5.74, 6) is 0.150. The summed E-state index contributed by atoms with van der Waals surface area (Å²) in [6.45, 7) is 2.26. The molecule has 0 aliphatic carbocycles. The summed E-state index contributed by atoms with van der Waals surface area (Å²) in [6.07, 6.45) is -0.869. The maximum Gasteiger partial charge on any atom is 0.433 e. The lowest BCUT2D eigenvalue weighted by atomic mass is 10.1. The third-order valence-corrected chi connectivity index (χ3v) is 4.50. The van der Waals surface area contributed by atoms with Gasteiger partial charge in [-0.2, -0.15) is 18.3 Å². The number of morpholine rings is 1. The minimum absolute atomic E-state index is 0.00168. The van der Waals surface area contributed by atoms with Crippen molar-refractivity contribution in [1.29, 1.82) is 0 Å². The van der Waals surface area contributed by atoms with Crippen molar-refractivity contribution in [3.05, 3.63) is 65.9 Å². The van der Waals surface area contributed by atoms with Crippen molar-refractivity contribution in [1.82, 2.24) is 25.1 Å². The highest BCUT2D eigenvalue weighted by molar-refractivity contribution is 5.98. The summed E-state index contributed by atoms with van der Waals surface area (Å²) in [5.41, 5.74) is 7.12. The quantitative estimate of drug-likeness (QED) is 0.499. The fourth-order valence-corrected chi connectivity index (χ4v) is 2.95. The first kappa shape index (κ1) is 20.0. The molecule has 4 rings (SSSR count). The molecular weight excluding hydrogens is 399 g/mol. The van der Waals surface area contributed by atoms with Gasteiger partial charge in [-0.3, -0.25) is 0 Å². The second-order valence-electron chi connectivity index (χ2n) is 6.58. The summed E-state index contributed by atoms with van der Waals surface area (Å²) < 4.78 is 45.4. The van der Waals surface area contributed by atoms with Gasteiger partial charge in [0.15, 0.2) is 5.82 Å². The summed E-state index contributed by atoms with van der Waals surface area (Å²) in [5, 5.41) is 7.30. The molecule has 0 radical (unpaired) electrons. The molecule has 3 heterocycles. The van der Waals surface area contributed by atoms with Crippen LogP contribution in [0.1, 0.15) is 22.9 Å². The smallest absolute Gasteiger partial charge is 0.383 e. The number of rotatable bonds is 4. The third kappa shape index (κ3) is 4.47. The molecule has 1 atom stereocenters. The van der Waals surface area contributed by atoms with E-state index < -0.39 is 11.9 Å². The molecule has 3 N–H and O–H groups in total. The van der Waals surface area contributed by atoms with Gasteiger partial charge in [-0.05, 0) is 17.7 Å². The molecule has 1 fully saturated rings. The van der Waals surface area contributed by atoms with E-state index in [0.717, 1.165) is 31.0 Å². The Bertz CT molecular complexity index is 1040. The zero-order chi connectivity index (χ0) is 21.1. The number of nitrogens with one attached hydrogen (secondary N) is 1. The number of halogens is 3. The van der Waals surface area contributed by atoms with Gasteiger partial charge in [0.1, 0.15) is 17.9 Å². The van der Waals surface area contributed by atoms with E-state index in [1.54, 1.807) is 0 Å². The van der Waals surface area contributed by atoms with Gasteiger partial charge in [-0.15, -0.1) is 0 Å². The van der Waals surface area contributed by atoms with E-state index >= 15 is 0 Å². The summed E-state index contributed by atoms with van der Waals surface area (Å²) in [4.78, 5) is 11.4. The van der Waals surface area contributed by atoms with E-state index in [2.05, 4.69) is 25.4 Å². The van der Waals surface area contributed by atoms with Crippen LogP contribution in [0.3, 0.4) is 0 Å². The Labute approximate surface area is 169 Å². The van der Waals surface area contributed by atoms with Crippen molar-refractivity contribution in [2.45, 2.75) is 12.3 Å². The lowest BCUT2D eigenvalue weighted by Gasteiger charge is -2.23. The van der Waals surface area contributed by atoms with Crippen LogP contribution in [0, 0.1) is 0 Å². The average molecular weight is 417 g/mol. The topological polar surface area (TPSA) is 103 Å². The van der Waals surface area contributed by atoms with E-state index in [4.69, 9.17) is 10.5 Å². The predicted molar refractivity (Wildman–Crippen MR) is 103 cm³/mol. The molecule has 11 heteroatoms. The van der Waals surface area contributed by atoms with Crippen molar-refractivity contribution >= 4 is 11.5 Å². The average Bonchev–Trinajstić information content (AvgIpc) is 3.25. The SMILES string of the molecule is NC(=Nc1ccc([C@H]2CNCCO2)cc1)c1cnn(-c2cc(C(F)(F)F)ncn2)c1. The minimum Gasteiger partial charge on any atom is -0.383 e. The first-order valence-corrected chi connectivity index (χ1v) is 9.11. The monoisotopic (exact) mass is 417 g/mol. The molecule has 0 spiro atoms. The number of nitrogens with two attached hydrogens (primary N) is 1. The van der Waals surface area contributed by atoms with Crippen molar-refractivity contribution in [2.75, 3.05) is 19.7 Å². The van der Waals surface area contributed by atoms with E-state index in [9.17, 15) is 13.2 Å². The number of nitrogens with zero attached hydrogens (tertiary/aromatic N) is 5. The molecule has 1 aliphatic heterocycles. The van der Waals surface area contributed by atoms with Crippen molar-refractivity contribution < 1.29 is 17.9 Å². The highest BCUT2D eigenvalue weighted by Crippen LogP contribution is 2.28. The second-order valence-corrected chi connectivity index (χ2v) is 6.58. The molecule has 0 saturated carbocycles. The zero-order valence-corrected chi connectivity index (χ0v) is 15.7. The summed E-state index contributed by atoms with van der Waals surface area (Å²) >= 11 is 0. The first-order chi connectivity index (χ1) is 14.4. The number of aromatic nitrogens is 4. The van der Waals surface area contributed by atoms with Crippen LogP contribution < -0.4 is 11.1 Å². The maximum absolute atomic E-state index is 12.8. The number of benzene rings is 1. The zero-order valence-electron chi connectivity index (χ0n) is 15.7. The van der Waals surface area contributed by atoms with E-state index in [1.807, 2.05) is 24.3 Å². The number of hydrogen-bond donors (Lipinski definition) is 2. The van der Waals surface area contributed by atoms with Crippen molar-refractivity contribution in [3.8, 4) is 5.82 Å². The predicted octanol–water partition coefficient (Wildman–Crippen LogP) is 2.38. The molecule has 0 unspecified atom stereocenters. The van der Waals surface area contributed by atoms with Crippen molar-refractivity contribution in [3.63, 3.8) is 0 Å². The van der Waals surface area contributed by atoms with Crippen LogP contribution in [0.2, 0.25) is 0 Å². The van der Waals surface area contributed by atoms with E-state index in [-0.39, 0.29) is 17.8 Å². The van der Waals surface area contributed by atoms with E-state index in [1.165, 1.54) is 17.1 Å². The summed E-state index contributed by atoms with van der Waals surface area (Å²) in [7, 11) is 0. The van der Waals surface area contributed by atoms with Gasteiger partial charge in [0.05, 0.1) is 30.2 Å². The summed E-state index contributed by atoms with van der Waals surface area (Å²) in [6, 6.07) is 8.31. The lowest BCUT2D eigenvalue weighted by Crippen LogP contribution is -2.33. The van der Waals surface area contributed by atoms with Crippen molar-refractivity contribution in [2.24, 2.45) is 10.7 Å². The molecule has 3 aromatic rings. The number of amidine groups is 1. The van der Waals surface area contributed by atoms with Gasteiger partial charge >= 0.3 is 6.18 Å². The number of ether oxygens (including phenoxy) is 1. The largest absolute Gasteiger partial charge is 0.433 e. The second kappa shape index (κ2) is 8.20. The molecule has 1 aromatic carbocycles. The Balaban J connectivity index is 1.51. The number of aliphatic imine (C=N–C) groups is 1. The molecule has 1 aliphatic rings. The molecule has 0 amide bonds. The minimum atomic E-state index is -4.57. The molecule has 2 aromatic heterocycles. The molecule has 8 nitrogen and oxygen atoms in total. The van der Waals surface area contributed by atoms with Crippen LogP contribution in [-0.4, -0.2) is 45.3 Å². The Kier molecular flexibility index (Phi) is 5.46. The van der Waals surface area contributed by atoms with Gasteiger partial charge in [0, 0.05) is 25.4 Å². The molecule has 0 bridgehead atoms. The number of hydrogen-bond acceptors (Lipinski definition) is 6. The fourth-order valence-electron chi connectivity index (χ4n) is 2.95. The fraction of sp³-hybridized carbons (Fsp3) is 0.263. The Morgan fingerprint density at radius 1 is 1.23 bits per heavy atom. The van der Waals surface area contributed by atoms with Crippen LogP contribution in [0.4, 0.5) is 18.9 Å². The highest BCUT2D eigenvalue weighted by Gasteiger charge is 2.33. The third-order valence-electron chi connectivity index (χ3n) is 4.50. The number of alkyl halides is 3. The Hall–Kier alpha value is -3.31. The van der Waals surface area contributed by atoms with Gasteiger partial charge < -0.3 is 15.8 Å². The van der Waals surface area contributed by atoms with Gasteiger partial charge in [-0.1, -0.05) is 12.1 Å². The molecule has 1 saturated heterocycles. The van der Waals surface area contributed by atoms with Crippen LogP contribution in [0.15, 0.2) is 54.0 Å². The standard InChI is InChI=1S/C19H18F3N7O/c20-19(21,22)16-7-17(26-11-25-16)29-10-13(8-27-29)18(23)28-14-3-1-12(2-4-14)15-9-24-5-6-30-15/h1-4,7-8,10-11,15,24H,5-6,9H2,(H2,23,28)/t15-/m1/s1. The van der Waals surface area contributed by atoms with Crippen LogP contribution >= 0.6 is 0 Å². The van der Waals surface area contributed by atoms with E-state index in [0.29, 0.717) is 17.9 Å². The van der Waals surface area contributed by atoms with Gasteiger partial charge in [0.25, 0.3) is 0 Å². The first-order valence-electron chi connectivity index (χ1n) is 9.11. The maximum atomic E-state index is 12.8. The lowest BCUT2D eigenvalue weighted by molar-refractivity contribution is -0.141. The van der Waals surface area contributed by atoms with Gasteiger partial charge in [-0.25, -0.2) is 19.6 Å². The molecule has 156 valence electrons. The Morgan fingerprint density at radius 2 is 2.03 bits per heavy atom. The van der Waals surface area contributed by atoms with Crippen LogP contribution in [0.25, 0.3) is 5.82 Å². The normalized spacial score (nSPS) is 17.8.